The maximum atomic E-state index is 12.3. The first-order valence-corrected chi connectivity index (χ1v) is 10.7. The minimum absolute atomic E-state index is 0.0713. The molecule has 3 rings (SSSR count). The van der Waals surface area contributed by atoms with Crippen LogP contribution < -0.4 is 10.1 Å². The first-order valence-electron chi connectivity index (χ1n) is 9.75. The van der Waals surface area contributed by atoms with Crippen LogP contribution >= 0.6 is 11.8 Å². The highest BCUT2D eigenvalue weighted by Gasteiger charge is 2.11. The molecule has 0 aliphatic carbocycles. The Hall–Kier alpha value is -2.80. The van der Waals surface area contributed by atoms with E-state index in [-0.39, 0.29) is 11.7 Å². The SMILES string of the molecule is CCCCCc1ccc(NC(=O)CSc2nncn2-c2ccc(OC)cc2)cc1. The quantitative estimate of drug-likeness (QED) is 0.386. The number of carbonyl (C=O) groups excluding carboxylic acids is 1. The molecular weight excluding hydrogens is 384 g/mol. The molecule has 0 atom stereocenters. The maximum Gasteiger partial charge on any atom is 0.234 e. The number of rotatable bonds is 10. The van der Waals surface area contributed by atoms with Crippen LogP contribution in [-0.4, -0.2) is 33.5 Å². The fraction of sp³-hybridized carbons (Fsp3) is 0.318. The molecule has 0 fully saturated rings. The van der Waals surface area contributed by atoms with Gasteiger partial charge in [0.1, 0.15) is 12.1 Å². The number of amides is 1. The molecule has 0 spiro atoms. The molecule has 1 aromatic heterocycles. The summed E-state index contributed by atoms with van der Waals surface area (Å²) in [6.45, 7) is 2.20. The molecule has 152 valence electrons. The molecule has 0 bridgehead atoms. The predicted octanol–water partition coefficient (Wildman–Crippen LogP) is 4.74. The number of methoxy groups -OCH3 is 1. The lowest BCUT2D eigenvalue weighted by molar-refractivity contribution is -0.113. The van der Waals surface area contributed by atoms with Crippen molar-refractivity contribution in [2.24, 2.45) is 0 Å². The zero-order valence-electron chi connectivity index (χ0n) is 16.8. The minimum Gasteiger partial charge on any atom is -0.497 e. The van der Waals surface area contributed by atoms with Crippen molar-refractivity contribution in [2.45, 2.75) is 37.8 Å². The second-order valence-corrected chi connectivity index (χ2v) is 7.61. The van der Waals surface area contributed by atoms with Crippen molar-refractivity contribution in [3.8, 4) is 11.4 Å². The monoisotopic (exact) mass is 410 g/mol. The van der Waals surface area contributed by atoms with Gasteiger partial charge in [0.25, 0.3) is 0 Å². The van der Waals surface area contributed by atoms with Crippen LogP contribution in [0.1, 0.15) is 31.7 Å². The largest absolute Gasteiger partial charge is 0.497 e. The van der Waals surface area contributed by atoms with Crippen molar-refractivity contribution in [2.75, 3.05) is 18.2 Å². The Morgan fingerprint density at radius 1 is 1.10 bits per heavy atom. The van der Waals surface area contributed by atoms with E-state index in [1.807, 2.05) is 41.0 Å². The number of ether oxygens (including phenoxy) is 1. The van der Waals surface area contributed by atoms with E-state index in [2.05, 4.69) is 34.6 Å². The van der Waals surface area contributed by atoms with Crippen molar-refractivity contribution in [1.29, 1.82) is 0 Å². The van der Waals surface area contributed by atoms with Crippen LogP contribution in [0.25, 0.3) is 5.69 Å². The highest BCUT2D eigenvalue weighted by atomic mass is 32.2. The van der Waals surface area contributed by atoms with Crippen LogP contribution in [0.5, 0.6) is 5.75 Å². The summed E-state index contributed by atoms with van der Waals surface area (Å²) in [5.41, 5.74) is 3.03. The van der Waals surface area contributed by atoms with E-state index >= 15 is 0 Å². The summed E-state index contributed by atoms with van der Waals surface area (Å²) < 4.78 is 7.04. The van der Waals surface area contributed by atoms with Crippen molar-refractivity contribution in [3.05, 3.63) is 60.4 Å². The Morgan fingerprint density at radius 3 is 2.55 bits per heavy atom. The summed E-state index contributed by atoms with van der Waals surface area (Å²) in [7, 11) is 1.63. The van der Waals surface area contributed by atoms with Gasteiger partial charge in [-0.1, -0.05) is 43.7 Å². The Kier molecular flexibility index (Phi) is 7.69. The molecule has 0 saturated carbocycles. The number of aromatic nitrogens is 3. The van der Waals surface area contributed by atoms with Gasteiger partial charge in [0.15, 0.2) is 5.16 Å². The Bertz CT molecular complexity index is 907. The smallest absolute Gasteiger partial charge is 0.234 e. The molecule has 29 heavy (non-hydrogen) atoms. The lowest BCUT2D eigenvalue weighted by atomic mass is 10.1. The first-order chi connectivity index (χ1) is 14.2. The summed E-state index contributed by atoms with van der Waals surface area (Å²) in [6.07, 6.45) is 6.39. The highest BCUT2D eigenvalue weighted by molar-refractivity contribution is 7.99. The third-order valence-corrected chi connectivity index (χ3v) is 5.45. The molecule has 6 nitrogen and oxygen atoms in total. The number of nitrogens with one attached hydrogen (secondary N) is 1. The number of nitrogens with zero attached hydrogens (tertiary/aromatic N) is 3. The van der Waals surface area contributed by atoms with Crippen molar-refractivity contribution < 1.29 is 9.53 Å². The fourth-order valence-electron chi connectivity index (χ4n) is 2.90. The van der Waals surface area contributed by atoms with Gasteiger partial charge < -0.3 is 10.1 Å². The standard InChI is InChI=1S/C22H26N4O2S/c1-3-4-5-6-17-7-9-18(10-8-17)24-21(27)15-29-22-25-23-16-26(22)19-11-13-20(28-2)14-12-19/h7-14,16H,3-6,15H2,1-2H3,(H,24,27). The van der Waals surface area contributed by atoms with Gasteiger partial charge in [0.2, 0.25) is 5.91 Å². The van der Waals surface area contributed by atoms with E-state index in [4.69, 9.17) is 4.74 Å². The third-order valence-electron chi connectivity index (χ3n) is 4.51. The molecule has 0 saturated heterocycles. The molecule has 0 radical (unpaired) electrons. The van der Waals surface area contributed by atoms with E-state index in [1.54, 1.807) is 13.4 Å². The van der Waals surface area contributed by atoms with Crippen molar-refractivity contribution in [3.63, 3.8) is 0 Å². The van der Waals surface area contributed by atoms with Gasteiger partial charge in [-0.15, -0.1) is 10.2 Å². The van der Waals surface area contributed by atoms with E-state index in [0.29, 0.717) is 5.16 Å². The number of unbranched alkanes of at least 4 members (excludes halogenated alkanes) is 2. The lowest BCUT2D eigenvalue weighted by Gasteiger charge is -2.08. The zero-order chi connectivity index (χ0) is 20.5. The average molecular weight is 411 g/mol. The maximum absolute atomic E-state index is 12.3. The van der Waals surface area contributed by atoms with Crippen molar-refractivity contribution in [1.82, 2.24) is 14.8 Å². The van der Waals surface area contributed by atoms with E-state index in [1.165, 1.54) is 36.6 Å². The second-order valence-electron chi connectivity index (χ2n) is 6.67. The number of aryl methyl sites for hydroxylation is 1. The van der Waals surface area contributed by atoms with Crippen LogP contribution in [0.4, 0.5) is 5.69 Å². The zero-order valence-corrected chi connectivity index (χ0v) is 17.6. The lowest BCUT2D eigenvalue weighted by Crippen LogP contribution is -2.14. The Balaban J connectivity index is 1.53. The molecule has 1 N–H and O–H groups in total. The number of hydrogen-bond acceptors (Lipinski definition) is 5. The van der Waals surface area contributed by atoms with Gasteiger partial charge in [-0.25, -0.2) is 0 Å². The fourth-order valence-corrected chi connectivity index (χ4v) is 3.63. The molecule has 0 aliphatic heterocycles. The molecule has 2 aromatic carbocycles. The predicted molar refractivity (Wildman–Crippen MR) is 117 cm³/mol. The third kappa shape index (κ3) is 6.09. The van der Waals surface area contributed by atoms with Gasteiger partial charge in [0.05, 0.1) is 12.9 Å². The highest BCUT2D eigenvalue weighted by Crippen LogP contribution is 2.22. The second kappa shape index (κ2) is 10.7. The molecule has 0 aliphatic rings. The normalized spacial score (nSPS) is 10.7. The summed E-state index contributed by atoms with van der Waals surface area (Å²) >= 11 is 1.35. The van der Waals surface area contributed by atoms with Crippen LogP contribution in [-0.2, 0) is 11.2 Å². The molecule has 1 heterocycles. The number of thioether (sulfide) groups is 1. The van der Waals surface area contributed by atoms with E-state index in [9.17, 15) is 4.79 Å². The molecule has 3 aromatic rings. The van der Waals surface area contributed by atoms with E-state index in [0.717, 1.165) is 23.5 Å². The summed E-state index contributed by atoms with van der Waals surface area (Å²) in [6, 6.07) is 15.7. The van der Waals surface area contributed by atoms with Gasteiger partial charge in [-0.3, -0.25) is 9.36 Å². The summed E-state index contributed by atoms with van der Waals surface area (Å²) in [5, 5.41) is 11.7. The van der Waals surface area contributed by atoms with Crippen molar-refractivity contribution >= 4 is 23.4 Å². The molecule has 7 heteroatoms. The summed E-state index contributed by atoms with van der Waals surface area (Å²) in [4.78, 5) is 12.3. The number of hydrogen-bond donors (Lipinski definition) is 1. The van der Waals surface area contributed by atoms with Gasteiger partial charge in [-0.05, 0) is 54.8 Å². The van der Waals surface area contributed by atoms with E-state index < -0.39 is 0 Å². The summed E-state index contributed by atoms with van der Waals surface area (Å²) in [5.74, 6) is 0.970. The molecule has 0 unspecified atom stereocenters. The number of anilines is 1. The van der Waals surface area contributed by atoms with Crippen LogP contribution in [0, 0.1) is 0 Å². The Labute approximate surface area is 175 Å². The number of carbonyl (C=O) groups is 1. The number of benzene rings is 2. The topological polar surface area (TPSA) is 69.0 Å². The van der Waals surface area contributed by atoms with Crippen LogP contribution in [0.3, 0.4) is 0 Å². The first kappa shape index (κ1) is 20.9. The van der Waals surface area contributed by atoms with Gasteiger partial charge in [-0.2, -0.15) is 0 Å². The molecule has 1 amide bonds. The van der Waals surface area contributed by atoms with Gasteiger partial charge in [0, 0.05) is 11.4 Å². The average Bonchev–Trinajstić information content (AvgIpc) is 3.22. The minimum atomic E-state index is -0.0713. The van der Waals surface area contributed by atoms with Crippen LogP contribution in [0.15, 0.2) is 60.0 Å². The molecular formula is C22H26N4O2S. The van der Waals surface area contributed by atoms with Gasteiger partial charge >= 0.3 is 0 Å². The Morgan fingerprint density at radius 2 is 1.86 bits per heavy atom. The van der Waals surface area contributed by atoms with Crippen LogP contribution in [0.2, 0.25) is 0 Å².